The van der Waals surface area contributed by atoms with Crippen molar-refractivity contribution in [3.05, 3.63) is 23.8 Å². The van der Waals surface area contributed by atoms with Crippen LogP contribution < -0.4 is 10.5 Å². The van der Waals surface area contributed by atoms with E-state index in [1.54, 1.807) is 12.1 Å². The van der Waals surface area contributed by atoms with Gasteiger partial charge in [0.15, 0.2) is 0 Å². The molecule has 1 saturated heterocycles. The number of hydrogen-bond donors (Lipinski definition) is 2. The summed E-state index contributed by atoms with van der Waals surface area (Å²) >= 11 is 0. The number of piperidine rings is 1. The van der Waals surface area contributed by atoms with Gasteiger partial charge in [-0.1, -0.05) is 13.0 Å². The third kappa shape index (κ3) is 3.39. The van der Waals surface area contributed by atoms with E-state index >= 15 is 0 Å². The summed E-state index contributed by atoms with van der Waals surface area (Å²) in [6.07, 6.45) is 1.83. The van der Waals surface area contributed by atoms with Crippen molar-refractivity contribution in [2.24, 2.45) is 5.92 Å². The predicted molar refractivity (Wildman–Crippen MR) is 78.1 cm³/mol. The van der Waals surface area contributed by atoms with E-state index in [-0.39, 0.29) is 0 Å². The molecule has 0 amide bonds. The predicted octanol–water partition coefficient (Wildman–Crippen LogP) is 1.97. The number of nitrogen functional groups attached to an aromatic ring is 1. The van der Waals surface area contributed by atoms with Gasteiger partial charge >= 0.3 is 10.2 Å². The summed E-state index contributed by atoms with van der Waals surface area (Å²) in [5.74, 6) is 0.598. The van der Waals surface area contributed by atoms with Gasteiger partial charge < -0.3 is 5.73 Å². The molecular weight excluding hydrogens is 262 g/mol. The zero-order valence-electron chi connectivity index (χ0n) is 11.4. The second-order valence-electron chi connectivity index (χ2n) is 5.26. The molecule has 1 fully saturated rings. The van der Waals surface area contributed by atoms with E-state index in [9.17, 15) is 8.42 Å². The van der Waals surface area contributed by atoms with Crippen molar-refractivity contribution in [1.29, 1.82) is 0 Å². The molecule has 0 saturated carbocycles. The van der Waals surface area contributed by atoms with Gasteiger partial charge in [-0.2, -0.15) is 12.7 Å². The van der Waals surface area contributed by atoms with Crippen LogP contribution in [0.2, 0.25) is 0 Å². The fourth-order valence-corrected chi connectivity index (χ4v) is 3.50. The highest BCUT2D eigenvalue weighted by atomic mass is 32.2. The fraction of sp³-hybridized carbons (Fsp3) is 0.538. The van der Waals surface area contributed by atoms with Crippen LogP contribution in [-0.4, -0.2) is 25.8 Å². The van der Waals surface area contributed by atoms with Crippen LogP contribution in [0.15, 0.2) is 18.2 Å². The Bertz CT molecular complexity index is 549. The molecule has 0 spiro atoms. The molecule has 106 valence electrons. The van der Waals surface area contributed by atoms with Gasteiger partial charge in [0.1, 0.15) is 0 Å². The minimum atomic E-state index is -3.47. The smallest absolute Gasteiger partial charge is 0.301 e. The molecule has 0 atom stereocenters. The molecule has 3 N–H and O–H groups in total. The van der Waals surface area contributed by atoms with Crippen molar-refractivity contribution in [3.8, 4) is 0 Å². The summed E-state index contributed by atoms with van der Waals surface area (Å²) in [7, 11) is -3.47. The molecular formula is C13H21N3O2S. The summed E-state index contributed by atoms with van der Waals surface area (Å²) in [5.41, 5.74) is 7.66. The van der Waals surface area contributed by atoms with Crippen molar-refractivity contribution >= 4 is 21.6 Å². The molecule has 1 aromatic rings. The van der Waals surface area contributed by atoms with E-state index in [2.05, 4.69) is 11.6 Å². The molecule has 1 heterocycles. The Hall–Kier alpha value is -1.27. The lowest BCUT2D eigenvalue weighted by Crippen LogP contribution is -2.41. The molecule has 6 heteroatoms. The number of nitrogens with one attached hydrogen (secondary N) is 1. The lowest BCUT2D eigenvalue weighted by Gasteiger charge is -2.29. The lowest BCUT2D eigenvalue weighted by molar-refractivity contribution is 0.289. The van der Waals surface area contributed by atoms with E-state index in [0.717, 1.165) is 18.4 Å². The van der Waals surface area contributed by atoms with E-state index in [1.807, 2.05) is 13.0 Å². The Labute approximate surface area is 115 Å². The maximum Gasteiger partial charge on any atom is 0.301 e. The van der Waals surface area contributed by atoms with Crippen LogP contribution in [0.1, 0.15) is 25.3 Å². The molecule has 1 aliphatic rings. The van der Waals surface area contributed by atoms with Gasteiger partial charge in [-0.25, -0.2) is 0 Å². The van der Waals surface area contributed by atoms with E-state index in [0.29, 0.717) is 30.4 Å². The van der Waals surface area contributed by atoms with Crippen molar-refractivity contribution in [3.63, 3.8) is 0 Å². The van der Waals surface area contributed by atoms with Gasteiger partial charge in [-0.3, -0.25) is 4.72 Å². The normalized spacial score (nSPS) is 18.4. The Morgan fingerprint density at radius 2 is 1.95 bits per heavy atom. The highest BCUT2D eigenvalue weighted by Crippen LogP contribution is 2.23. The van der Waals surface area contributed by atoms with Gasteiger partial charge in [0.05, 0.1) is 5.69 Å². The van der Waals surface area contributed by atoms with Crippen LogP contribution in [0.25, 0.3) is 0 Å². The SMILES string of the molecule is Cc1ccc(N)cc1NS(=O)(=O)N1CCC(C)CC1. The topological polar surface area (TPSA) is 75.4 Å². The first-order valence-electron chi connectivity index (χ1n) is 6.52. The van der Waals surface area contributed by atoms with Gasteiger partial charge in [0.2, 0.25) is 0 Å². The lowest BCUT2D eigenvalue weighted by atomic mass is 10.0. The number of benzene rings is 1. The first-order valence-corrected chi connectivity index (χ1v) is 7.96. The van der Waals surface area contributed by atoms with Crippen LogP contribution in [0, 0.1) is 12.8 Å². The van der Waals surface area contributed by atoms with Gasteiger partial charge in [0, 0.05) is 18.8 Å². The van der Waals surface area contributed by atoms with E-state index in [1.165, 1.54) is 4.31 Å². The molecule has 2 rings (SSSR count). The first-order chi connectivity index (χ1) is 8.88. The number of rotatable bonds is 3. The Balaban J connectivity index is 2.15. The van der Waals surface area contributed by atoms with Crippen molar-refractivity contribution in [2.75, 3.05) is 23.5 Å². The number of nitrogens with two attached hydrogens (primary N) is 1. The van der Waals surface area contributed by atoms with Crippen molar-refractivity contribution in [1.82, 2.24) is 4.31 Å². The molecule has 0 aliphatic carbocycles. The van der Waals surface area contributed by atoms with Gasteiger partial charge in [0.25, 0.3) is 0 Å². The molecule has 0 aromatic heterocycles. The third-order valence-corrected chi connectivity index (χ3v) is 5.11. The van der Waals surface area contributed by atoms with Crippen LogP contribution in [-0.2, 0) is 10.2 Å². The van der Waals surface area contributed by atoms with E-state index in [4.69, 9.17) is 5.73 Å². The molecule has 19 heavy (non-hydrogen) atoms. The van der Waals surface area contributed by atoms with Crippen LogP contribution in [0.5, 0.6) is 0 Å². The summed E-state index contributed by atoms with van der Waals surface area (Å²) in [6, 6.07) is 5.22. The second-order valence-corrected chi connectivity index (χ2v) is 6.93. The van der Waals surface area contributed by atoms with Gasteiger partial charge in [-0.05, 0) is 43.4 Å². The quantitative estimate of drug-likeness (QED) is 0.833. The number of anilines is 2. The molecule has 0 unspecified atom stereocenters. The Kier molecular flexibility index (Phi) is 4.01. The van der Waals surface area contributed by atoms with Crippen molar-refractivity contribution < 1.29 is 8.42 Å². The maximum absolute atomic E-state index is 12.3. The van der Waals surface area contributed by atoms with Gasteiger partial charge in [-0.15, -0.1) is 0 Å². The largest absolute Gasteiger partial charge is 0.399 e. The Morgan fingerprint density at radius 1 is 1.32 bits per heavy atom. The molecule has 5 nitrogen and oxygen atoms in total. The molecule has 1 aliphatic heterocycles. The Morgan fingerprint density at radius 3 is 2.58 bits per heavy atom. The number of hydrogen-bond acceptors (Lipinski definition) is 3. The summed E-state index contributed by atoms with van der Waals surface area (Å²) in [4.78, 5) is 0. The first kappa shape index (κ1) is 14.1. The molecule has 1 aromatic carbocycles. The average Bonchev–Trinajstić information content (AvgIpc) is 2.34. The summed E-state index contributed by atoms with van der Waals surface area (Å²) < 4.78 is 28.7. The number of aryl methyl sites for hydroxylation is 1. The highest BCUT2D eigenvalue weighted by Gasteiger charge is 2.26. The van der Waals surface area contributed by atoms with Crippen LogP contribution in [0.3, 0.4) is 0 Å². The average molecular weight is 283 g/mol. The van der Waals surface area contributed by atoms with Crippen LogP contribution in [0.4, 0.5) is 11.4 Å². The minimum Gasteiger partial charge on any atom is -0.399 e. The molecule has 0 bridgehead atoms. The summed E-state index contributed by atoms with van der Waals surface area (Å²) in [5, 5.41) is 0. The number of nitrogens with zero attached hydrogens (tertiary/aromatic N) is 1. The zero-order chi connectivity index (χ0) is 14.0. The minimum absolute atomic E-state index is 0.551. The standard InChI is InChI=1S/C13H21N3O2S/c1-10-5-7-16(8-6-10)19(17,18)15-13-9-12(14)4-3-11(13)2/h3-4,9-10,15H,5-8,14H2,1-2H3. The second kappa shape index (κ2) is 5.38. The highest BCUT2D eigenvalue weighted by molar-refractivity contribution is 7.90. The third-order valence-electron chi connectivity index (χ3n) is 3.58. The monoisotopic (exact) mass is 283 g/mol. The fourth-order valence-electron chi connectivity index (χ4n) is 2.18. The van der Waals surface area contributed by atoms with E-state index < -0.39 is 10.2 Å². The summed E-state index contributed by atoms with van der Waals surface area (Å²) in [6.45, 7) is 5.17. The maximum atomic E-state index is 12.3. The van der Waals surface area contributed by atoms with Crippen molar-refractivity contribution in [2.45, 2.75) is 26.7 Å². The molecule has 0 radical (unpaired) electrons. The zero-order valence-corrected chi connectivity index (χ0v) is 12.2. The van der Waals surface area contributed by atoms with Crippen LogP contribution >= 0.6 is 0 Å².